The highest BCUT2D eigenvalue weighted by molar-refractivity contribution is 5.99. The van der Waals surface area contributed by atoms with Crippen molar-refractivity contribution in [1.29, 1.82) is 0 Å². The fourth-order valence-corrected chi connectivity index (χ4v) is 2.85. The van der Waals surface area contributed by atoms with Crippen LogP contribution in [0.25, 0.3) is 0 Å². The lowest BCUT2D eigenvalue weighted by atomic mass is 9.95. The number of amides is 2. The number of carbonyl (C=O) groups is 2. The van der Waals surface area contributed by atoms with Gasteiger partial charge in [0.25, 0.3) is 0 Å². The van der Waals surface area contributed by atoms with Crippen molar-refractivity contribution in [2.45, 2.75) is 58.0 Å². The van der Waals surface area contributed by atoms with Crippen LogP contribution in [0.2, 0.25) is 0 Å². The highest BCUT2D eigenvalue weighted by Crippen LogP contribution is 2.28. The van der Waals surface area contributed by atoms with Crippen LogP contribution in [0.4, 0.5) is 0 Å². The van der Waals surface area contributed by atoms with Crippen LogP contribution >= 0.6 is 0 Å². The summed E-state index contributed by atoms with van der Waals surface area (Å²) in [4.78, 5) is 25.9. The Hall–Kier alpha value is -1.06. The number of carbonyl (C=O) groups excluding carboxylic acids is 2. The van der Waals surface area contributed by atoms with E-state index >= 15 is 0 Å². The van der Waals surface area contributed by atoms with E-state index in [1.54, 1.807) is 18.7 Å². The average molecular weight is 238 g/mol. The van der Waals surface area contributed by atoms with Gasteiger partial charge in [-0.15, -0.1) is 0 Å². The van der Waals surface area contributed by atoms with E-state index in [1.165, 1.54) is 25.7 Å². The monoisotopic (exact) mass is 238 g/mol. The second kappa shape index (κ2) is 4.31. The first kappa shape index (κ1) is 12.4. The van der Waals surface area contributed by atoms with Gasteiger partial charge >= 0.3 is 0 Å². The molecule has 2 fully saturated rings. The van der Waals surface area contributed by atoms with Crippen LogP contribution in [0.1, 0.15) is 46.5 Å². The second-order valence-corrected chi connectivity index (χ2v) is 5.90. The lowest BCUT2D eigenvalue weighted by Crippen LogP contribution is -2.67. The van der Waals surface area contributed by atoms with Gasteiger partial charge in [-0.25, -0.2) is 0 Å². The molecule has 0 aromatic carbocycles. The largest absolute Gasteiger partial charge is 0.340 e. The van der Waals surface area contributed by atoms with Crippen molar-refractivity contribution in [3.63, 3.8) is 0 Å². The lowest BCUT2D eigenvalue weighted by molar-refractivity contribution is -0.153. The summed E-state index contributed by atoms with van der Waals surface area (Å²) in [6, 6.07) is -0.323. The third-order valence-electron chi connectivity index (χ3n) is 4.01. The zero-order chi connectivity index (χ0) is 12.6. The third-order valence-corrected chi connectivity index (χ3v) is 4.01. The van der Waals surface area contributed by atoms with Gasteiger partial charge in [-0.05, 0) is 39.5 Å². The molecule has 0 aromatic rings. The maximum Gasteiger partial charge on any atom is 0.248 e. The fraction of sp³-hybridized carbons (Fsp3) is 0.846. The van der Waals surface area contributed by atoms with Gasteiger partial charge in [0, 0.05) is 6.54 Å². The molecule has 1 saturated carbocycles. The normalized spacial score (nSPS) is 29.6. The number of piperazine rings is 1. The van der Waals surface area contributed by atoms with E-state index in [1.807, 2.05) is 6.92 Å². The Morgan fingerprint density at radius 2 is 1.88 bits per heavy atom. The third kappa shape index (κ3) is 2.31. The Kier molecular flexibility index (Phi) is 3.15. The Morgan fingerprint density at radius 1 is 1.29 bits per heavy atom. The van der Waals surface area contributed by atoms with Crippen LogP contribution in [-0.4, -0.2) is 34.8 Å². The van der Waals surface area contributed by atoms with Crippen molar-refractivity contribution in [2.75, 3.05) is 6.54 Å². The molecular weight excluding hydrogens is 216 g/mol. The molecule has 2 rings (SSSR count). The minimum Gasteiger partial charge on any atom is -0.340 e. The van der Waals surface area contributed by atoms with Crippen molar-refractivity contribution in [2.24, 2.45) is 5.92 Å². The zero-order valence-corrected chi connectivity index (χ0v) is 11.0. The van der Waals surface area contributed by atoms with Crippen LogP contribution < -0.4 is 5.32 Å². The van der Waals surface area contributed by atoms with Crippen molar-refractivity contribution in [3.8, 4) is 0 Å². The summed E-state index contributed by atoms with van der Waals surface area (Å²) in [5, 5.41) is 2.78. The van der Waals surface area contributed by atoms with Crippen LogP contribution in [0.5, 0.6) is 0 Å². The first-order valence-electron chi connectivity index (χ1n) is 6.55. The molecule has 0 spiro atoms. The van der Waals surface area contributed by atoms with Gasteiger partial charge in [-0.1, -0.05) is 12.8 Å². The summed E-state index contributed by atoms with van der Waals surface area (Å²) in [5.74, 6) is 0.604. The molecule has 4 nitrogen and oxygen atoms in total. The number of nitrogens with zero attached hydrogens (tertiary/aromatic N) is 1. The Balaban J connectivity index is 2.11. The van der Waals surface area contributed by atoms with E-state index in [-0.39, 0.29) is 17.9 Å². The van der Waals surface area contributed by atoms with Crippen molar-refractivity contribution in [1.82, 2.24) is 10.2 Å². The summed E-state index contributed by atoms with van der Waals surface area (Å²) in [6.07, 6.45) is 4.91. The molecular formula is C13H22N2O2. The van der Waals surface area contributed by atoms with E-state index < -0.39 is 5.54 Å². The summed E-state index contributed by atoms with van der Waals surface area (Å²) in [7, 11) is 0. The van der Waals surface area contributed by atoms with Crippen LogP contribution in [0.3, 0.4) is 0 Å². The van der Waals surface area contributed by atoms with Gasteiger partial charge < -0.3 is 10.2 Å². The van der Waals surface area contributed by atoms with Gasteiger partial charge in [-0.2, -0.15) is 0 Å². The zero-order valence-electron chi connectivity index (χ0n) is 11.0. The van der Waals surface area contributed by atoms with Gasteiger partial charge in [0.2, 0.25) is 11.8 Å². The number of hydrogen-bond donors (Lipinski definition) is 1. The summed E-state index contributed by atoms with van der Waals surface area (Å²) in [5.41, 5.74) is -0.748. The van der Waals surface area contributed by atoms with Gasteiger partial charge in [-0.3, -0.25) is 9.59 Å². The maximum atomic E-state index is 12.3. The van der Waals surface area contributed by atoms with Gasteiger partial charge in [0.05, 0.1) is 0 Å². The minimum atomic E-state index is -0.748. The molecule has 0 radical (unpaired) electrons. The molecule has 1 heterocycles. The van der Waals surface area contributed by atoms with Gasteiger partial charge in [0.1, 0.15) is 11.6 Å². The number of nitrogens with one attached hydrogen (secondary N) is 1. The minimum absolute atomic E-state index is 0.0346. The van der Waals surface area contributed by atoms with Crippen LogP contribution in [0.15, 0.2) is 0 Å². The molecule has 0 aromatic heterocycles. The summed E-state index contributed by atoms with van der Waals surface area (Å²) in [6.45, 7) is 6.12. The quantitative estimate of drug-likeness (QED) is 0.788. The lowest BCUT2D eigenvalue weighted by Gasteiger charge is -2.42. The first-order chi connectivity index (χ1) is 7.92. The molecule has 1 unspecified atom stereocenters. The van der Waals surface area contributed by atoms with E-state index in [9.17, 15) is 9.59 Å². The molecule has 17 heavy (non-hydrogen) atoms. The molecule has 0 bridgehead atoms. The molecule has 96 valence electrons. The highest BCUT2D eigenvalue weighted by Gasteiger charge is 2.43. The van der Waals surface area contributed by atoms with Crippen molar-refractivity contribution >= 4 is 11.8 Å². The molecule has 2 amide bonds. The standard InChI is InChI=1S/C13H22N2O2/c1-9-11(16)14-13(2,3)12(17)15(9)8-10-6-4-5-7-10/h9-10H,4-8H2,1-3H3,(H,14,16). The molecule has 1 aliphatic heterocycles. The SMILES string of the molecule is CC1C(=O)NC(C)(C)C(=O)N1CC1CCCC1. The van der Waals surface area contributed by atoms with Gasteiger partial charge in [0.15, 0.2) is 0 Å². The highest BCUT2D eigenvalue weighted by atomic mass is 16.2. The molecule has 1 N–H and O–H groups in total. The predicted molar refractivity (Wildman–Crippen MR) is 65.4 cm³/mol. The van der Waals surface area contributed by atoms with E-state index in [0.717, 1.165) is 6.54 Å². The number of hydrogen-bond acceptors (Lipinski definition) is 2. The Morgan fingerprint density at radius 3 is 2.47 bits per heavy atom. The average Bonchev–Trinajstić information content (AvgIpc) is 2.74. The fourth-order valence-electron chi connectivity index (χ4n) is 2.85. The smallest absolute Gasteiger partial charge is 0.248 e. The Labute approximate surface area is 103 Å². The van der Waals surface area contributed by atoms with Crippen molar-refractivity contribution in [3.05, 3.63) is 0 Å². The first-order valence-corrected chi connectivity index (χ1v) is 6.55. The number of rotatable bonds is 2. The molecule has 2 aliphatic rings. The maximum absolute atomic E-state index is 12.3. The summed E-state index contributed by atoms with van der Waals surface area (Å²) < 4.78 is 0. The Bertz CT molecular complexity index is 332. The predicted octanol–water partition coefficient (Wildman–Crippen LogP) is 1.30. The van der Waals surface area contributed by atoms with Crippen LogP contribution in [-0.2, 0) is 9.59 Å². The van der Waals surface area contributed by atoms with E-state index in [2.05, 4.69) is 5.32 Å². The van der Waals surface area contributed by atoms with E-state index in [4.69, 9.17) is 0 Å². The second-order valence-electron chi connectivity index (χ2n) is 5.90. The topological polar surface area (TPSA) is 49.4 Å². The molecule has 4 heteroatoms. The molecule has 1 saturated heterocycles. The van der Waals surface area contributed by atoms with Crippen molar-refractivity contribution < 1.29 is 9.59 Å². The molecule has 1 aliphatic carbocycles. The van der Waals surface area contributed by atoms with Crippen LogP contribution in [0, 0.1) is 5.92 Å². The van der Waals surface area contributed by atoms with E-state index in [0.29, 0.717) is 5.92 Å². The molecule has 1 atom stereocenters. The summed E-state index contributed by atoms with van der Waals surface area (Å²) >= 11 is 0.